The van der Waals surface area contributed by atoms with Gasteiger partial charge in [-0.1, -0.05) is 0 Å². The van der Waals surface area contributed by atoms with E-state index in [0.717, 1.165) is 0 Å². The highest BCUT2D eigenvalue weighted by molar-refractivity contribution is 7.89. The van der Waals surface area contributed by atoms with Crippen molar-refractivity contribution in [3.63, 3.8) is 0 Å². The molecule has 3 aromatic rings. The maximum atomic E-state index is 13.2. The average Bonchev–Trinajstić information content (AvgIpc) is 3.39. The fourth-order valence-electron chi connectivity index (χ4n) is 3.72. The Labute approximate surface area is 191 Å². The van der Waals surface area contributed by atoms with Crippen LogP contribution in [-0.2, 0) is 14.8 Å². The van der Waals surface area contributed by atoms with Gasteiger partial charge in [0.1, 0.15) is 17.8 Å². The number of piperidine rings is 1. The van der Waals surface area contributed by atoms with Gasteiger partial charge in [0.15, 0.2) is 0 Å². The first kappa shape index (κ1) is 22.7. The Morgan fingerprint density at radius 3 is 2.58 bits per heavy atom. The number of ether oxygens (including phenoxy) is 2. The molecule has 174 valence electrons. The van der Waals surface area contributed by atoms with Gasteiger partial charge in [0.05, 0.1) is 36.4 Å². The number of carbonyl (C=O) groups excluding carboxylic acids is 1. The second-order valence-electron chi connectivity index (χ2n) is 7.51. The van der Waals surface area contributed by atoms with Crippen molar-refractivity contribution in [1.29, 1.82) is 0 Å². The van der Waals surface area contributed by atoms with Crippen molar-refractivity contribution in [2.45, 2.75) is 17.7 Å². The summed E-state index contributed by atoms with van der Waals surface area (Å²) in [6.07, 6.45) is 2.59. The van der Waals surface area contributed by atoms with E-state index in [1.54, 1.807) is 30.3 Å². The minimum Gasteiger partial charge on any atom is -0.497 e. The van der Waals surface area contributed by atoms with Gasteiger partial charge in [0, 0.05) is 19.2 Å². The summed E-state index contributed by atoms with van der Waals surface area (Å²) in [7, 11) is -0.717. The third-order valence-electron chi connectivity index (χ3n) is 5.51. The molecule has 1 aromatic heterocycles. The number of rotatable bonds is 7. The van der Waals surface area contributed by atoms with Gasteiger partial charge in [-0.2, -0.15) is 4.31 Å². The van der Waals surface area contributed by atoms with E-state index < -0.39 is 15.9 Å². The van der Waals surface area contributed by atoms with Crippen LogP contribution in [0.1, 0.15) is 12.8 Å². The van der Waals surface area contributed by atoms with Crippen molar-refractivity contribution in [1.82, 2.24) is 24.5 Å². The molecule has 1 atom stereocenters. The number of tetrazole rings is 1. The minimum atomic E-state index is -3.76. The smallest absolute Gasteiger partial charge is 0.243 e. The summed E-state index contributed by atoms with van der Waals surface area (Å²) in [5.74, 6) is 0.302. The molecule has 33 heavy (non-hydrogen) atoms. The molecule has 0 radical (unpaired) electrons. The Hall–Kier alpha value is -3.51. The molecular weight excluding hydrogens is 448 g/mol. The molecule has 0 spiro atoms. The number of carbonyl (C=O) groups is 1. The Kier molecular flexibility index (Phi) is 6.56. The second-order valence-corrected chi connectivity index (χ2v) is 9.44. The molecule has 1 saturated heterocycles. The molecule has 4 rings (SSSR count). The molecule has 0 unspecified atom stereocenters. The van der Waals surface area contributed by atoms with Gasteiger partial charge >= 0.3 is 0 Å². The number of nitrogens with zero attached hydrogens (tertiary/aromatic N) is 5. The molecule has 11 nitrogen and oxygen atoms in total. The van der Waals surface area contributed by atoms with E-state index >= 15 is 0 Å². The number of sulfonamides is 1. The lowest BCUT2D eigenvalue weighted by molar-refractivity contribution is -0.120. The molecule has 1 N–H and O–H groups in total. The summed E-state index contributed by atoms with van der Waals surface area (Å²) in [5, 5.41) is 13.8. The lowest BCUT2D eigenvalue weighted by Crippen LogP contribution is -2.43. The zero-order chi connectivity index (χ0) is 23.4. The van der Waals surface area contributed by atoms with Crippen molar-refractivity contribution in [2.75, 3.05) is 32.6 Å². The third-order valence-corrected chi connectivity index (χ3v) is 7.39. The number of nitrogens with one attached hydrogen (secondary N) is 1. The number of methoxy groups -OCH3 is 2. The quantitative estimate of drug-likeness (QED) is 0.550. The monoisotopic (exact) mass is 472 g/mol. The van der Waals surface area contributed by atoms with Gasteiger partial charge in [-0.05, 0) is 59.7 Å². The first-order valence-electron chi connectivity index (χ1n) is 10.3. The van der Waals surface area contributed by atoms with E-state index in [1.165, 1.54) is 41.7 Å². The lowest BCUT2D eigenvalue weighted by Gasteiger charge is -2.31. The van der Waals surface area contributed by atoms with Gasteiger partial charge in [-0.15, -0.1) is 5.10 Å². The minimum absolute atomic E-state index is 0.0925. The van der Waals surface area contributed by atoms with E-state index in [1.807, 2.05) is 0 Å². The van der Waals surface area contributed by atoms with Crippen LogP contribution in [0, 0.1) is 5.92 Å². The maximum absolute atomic E-state index is 13.2. The van der Waals surface area contributed by atoms with Crippen LogP contribution in [0.5, 0.6) is 11.5 Å². The predicted molar refractivity (Wildman–Crippen MR) is 119 cm³/mol. The van der Waals surface area contributed by atoms with Crippen LogP contribution in [0.3, 0.4) is 0 Å². The molecule has 0 saturated carbocycles. The summed E-state index contributed by atoms with van der Waals surface area (Å²) >= 11 is 0. The zero-order valence-electron chi connectivity index (χ0n) is 18.2. The molecule has 12 heteroatoms. The van der Waals surface area contributed by atoms with Gasteiger partial charge in [-0.25, -0.2) is 13.1 Å². The van der Waals surface area contributed by atoms with Crippen molar-refractivity contribution in [3.8, 4) is 17.2 Å². The Morgan fingerprint density at radius 1 is 1.12 bits per heavy atom. The van der Waals surface area contributed by atoms with Gasteiger partial charge in [-0.3, -0.25) is 4.79 Å². The molecule has 0 bridgehead atoms. The topological polar surface area (TPSA) is 129 Å². The highest BCUT2D eigenvalue weighted by Crippen LogP contribution is 2.31. The van der Waals surface area contributed by atoms with Crippen LogP contribution in [-0.4, -0.2) is 66.1 Å². The molecule has 2 aromatic carbocycles. The second kappa shape index (κ2) is 9.55. The zero-order valence-corrected chi connectivity index (χ0v) is 19.0. The molecule has 0 aliphatic carbocycles. The predicted octanol–water partition coefficient (Wildman–Crippen LogP) is 1.72. The molecular formula is C21H24N6O5S. The fourth-order valence-corrected chi connectivity index (χ4v) is 5.24. The van der Waals surface area contributed by atoms with E-state index in [0.29, 0.717) is 42.3 Å². The summed E-state index contributed by atoms with van der Waals surface area (Å²) in [5.41, 5.74) is 1.11. The van der Waals surface area contributed by atoms with E-state index in [-0.39, 0.29) is 17.3 Å². The van der Waals surface area contributed by atoms with Crippen molar-refractivity contribution in [3.05, 3.63) is 48.8 Å². The van der Waals surface area contributed by atoms with Crippen LogP contribution in [0.4, 0.5) is 5.69 Å². The fraction of sp³-hybridized carbons (Fsp3) is 0.333. The number of aromatic nitrogens is 4. The maximum Gasteiger partial charge on any atom is 0.243 e. The Bertz CT molecular complexity index is 1210. The lowest BCUT2D eigenvalue weighted by atomic mass is 9.98. The van der Waals surface area contributed by atoms with Crippen LogP contribution < -0.4 is 14.8 Å². The number of hydrogen-bond donors (Lipinski definition) is 1. The average molecular weight is 473 g/mol. The third kappa shape index (κ3) is 4.81. The van der Waals surface area contributed by atoms with Gasteiger partial charge in [0.2, 0.25) is 15.9 Å². The van der Waals surface area contributed by atoms with Crippen LogP contribution in [0.2, 0.25) is 0 Å². The van der Waals surface area contributed by atoms with Crippen molar-refractivity contribution < 1.29 is 22.7 Å². The largest absolute Gasteiger partial charge is 0.497 e. The van der Waals surface area contributed by atoms with Crippen LogP contribution in [0.25, 0.3) is 5.69 Å². The number of anilines is 1. The summed E-state index contributed by atoms with van der Waals surface area (Å²) in [6.45, 7) is 0.443. The van der Waals surface area contributed by atoms with Gasteiger partial charge < -0.3 is 14.8 Å². The molecule has 1 aliphatic heterocycles. The first-order chi connectivity index (χ1) is 15.9. The highest BCUT2D eigenvalue weighted by atomic mass is 32.2. The molecule has 2 heterocycles. The molecule has 1 fully saturated rings. The van der Waals surface area contributed by atoms with Crippen LogP contribution >= 0.6 is 0 Å². The summed E-state index contributed by atoms with van der Waals surface area (Å²) in [6, 6.07) is 11.4. The van der Waals surface area contributed by atoms with E-state index in [9.17, 15) is 13.2 Å². The standard InChI is InChI=1S/C21H24N6O5S/c1-31-17-7-10-20(32-2)19(12-17)23-21(28)15-4-3-11-26(13-15)33(29,30)18-8-5-16(6-9-18)27-14-22-24-25-27/h5-10,12,14-15H,3-4,11,13H2,1-2H3,(H,23,28)/t15-/m0/s1. The van der Waals surface area contributed by atoms with Crippen molar-refractivity contribution in [2.24, 2.45) is 5.92 Å². The Balaban J connectivity index is 1.48. The SMILES string of the molecule is COc1ccc(OC)c(NC(=O)[C@H]2CCCN(S(=O)(=O)c3ccc(-n4cnnn4)cc3)C2)c1. The Morgan fingerprint density at radius 2 is 1.91 bits per heavy atom. The van der Waals surface area contributed by atoms with Gasteiger partial charge in [0.25, 0.3) is 0 Å². The van der Waals surface area contributed by atoms with E-state index in [4.69, 9.17) is 9.47 Å². The first-order valence-corrected chi connectivity index (χ1v) is 11.7. The molecule has 1 aliphatic rings. The van der Waals surface area contributed by atoms with Crippen molar-refractivity contribution >= 4 is 21.6 Å². The normalized spacial score (nSPS) is 16.8. The number of amides is 1. The highest BCUT2D eigenvalue weighted by Gasteiger charge is 2.33. The number of hydrogen-bond acceptors (Lipinski definition) is 8. The summed E-state index contributed by atoms with van der Waals surface area (Å²) in [4.78, 5) is 13.1. The summed E-state index contributed by atoms with van der Waals surface area (Å²) < 4.78 is 39.7. The number of benzene rings is 2. The van der Waals surface area contributed by atoms with E-state index in [2.05, 4.69) is 20.8 Å². The molecule has 1 amide bonds. The van der Waals surface area contributed by atoms with Crippen LogP contribution in [0.15, 0.2) is 53.7 Å².